The highest BCUT2D eigenvalue weighted by atomic mass is 35.5. The van der Waals surface area contributed by atoms with Crippen molar-refractivity contribution in [2.75, 3.05) is 7.11 Å². The molecule has 0 atom stereocenters. The molecule has 6 heteroatoms. The smallest absolute Gasteiger partial charge is 0.340 e. The minimum absolute atomic E-state index is 0.0315. The van der Waals surface area contributed by atoms with Crippen molar-refractivity contribution >= 4 is 17.6 Å². The largest absolute Gasteiger partial charge is 0.487 e. The van der Waals surface area contributed by atoms with Crippen molar-refractivity contribution in [1.82, 2.24) is 0 Å². The van der Waals surface area contributed by atoms with Gasteiger partial charge in [-0.3, -0.25) is 0 Å². The van der Waals surface area contributed by atoms with Crippen LogP contribution in [-0.4, -0.2) is 13.1 Å². The number of ether oxygens (including phenoxy) is 2. The van der Waals surface area contributed by atoms with Gasteiger partial charge in [-0.05, 0) is 35.9 Å². The van der Waals surface area contributed by atoms with Crippen LogP contribution in [0.25, 0.3) is 0 Å². The van der Waals surface area contributed by atoms with Gasteiger partial charge in [0, 0.05) is 0 Å². The highest BCUT2D eigenvalue weighted by molar-refractivity contribution is 6.32. The second kappa shape index (κ2) is 6.54. The summed E-state index contributed by atoms with van der Waals surface area (Å²) in [5, 5.41) is 0.127. The topological polar surface area (TPSA) is 35.5 Å². The zero-order chi connectivity index (χ0) is 15.4. The van der Waals surface area contributed by atoms with Crippen LogP contribution in [0.15, 0.2) is 36.4 Å². The maximum atomic E-state index is 13.7. The Kier molecular flexibility index (Phi) is 4.75. The van der Waals surface area contributed by atoms with Crippen LogP contribution in [0.3, 0.4) is 0 Å². The lowest BCUT2D eigenvalue weighted by molar-refractivity contribution is 0.0595. The van der Waals surface area contributed by atoms with E-state index in [1.165, 1.54) is 37.4 Å². The summed E-state index contributed by atoms with van der Waals surface area (Å²) >= 11 is 5.81. The molecule has 0 saturated carbocycles. The van der Waals surface area contributed by atoms with Gasteiger partial charge in [-0.15, -0.1) is 0 Å². The highest BCUT2D eigenvalue weighted by Gasteiger charge is 2.12. The third kappa shape index (κ3) is 3.70. The second-order valence-electron chi connectivity index (χ2n) is 4.17. The minimum atomic E-state index is -0.749. The first-order valence-corrected chi connectivity index (χ1v) is 6.33. The number of hydrogen-bond acceptors (Lipinski definition) is 3. The summed E-state index contributed by atoms with van der Waals surface area (Å²) in [4.78, 5) is 11.3. The fourth-order valence-corrected chi connectivity index (χ4v) is 1.90. The molecular weight excluding hydrogens is 302 g/mol. The van der Waals surface area contributed by atoms with E-state index in [2.05, 4.69) is 4.74 Å². The molecule has 0 aromatic heterocycles. The van der Waals surface area contributed by atoms with Crippen molar-refractivity contribution in [3.05, 3.63) is 64.2 Å². The number of rotatable bonds is 4. The molecule has 0 bridgehead atoms. The summed E-state index contributed by atoms with van der Waals surface area (Å²) in [6.45, 7) is 0.0315. The van der Waals surface area contributed by atoms with E-state index in [-0.39, 0.29) is 22.9 Å². The normalized spacial score (nSPS) is 10.3. The average Bonchev–Trinajstić information content (AvgIpc) is 2.45. The molecule has 0 aliphatic rings. The van der Waals surface area contributed by atoms with Crippen molar-refractivity contribution in [2.24, 2.45) is 0 Å². The molecule has 0 saturated heterocycles. The van der Waals surface area contributed by atoms with Gasteiger partial charge in [0.1, 0.15) is 24.0 Å². The molecule has 110 valence electrons. The lowest BCUT2D eigenvalue weighted by atomic mass is 10.1. The minimum Gasteiger partial charge on any atom is -0.487 e. The first-order valence-electron chi connectivity index (χ1n) is 5.96. The van der Waals surface area contributed by atoms with Gasteiger partial charge in [0.05, 0.1) is 17.7 Å². The van der Waals surface area contributed by atoms with Gasteiger partial charge in [0.2, 0.25) is 0 Å². The number of carbonyl (C=O) groups excluding carboxylic acids is 1. The molecule has 0 heterocycles. The monoisotopic (exact) mass is 312 g/mol. The van der Waals surface area contributed by atoms with Crippen LogP contribution in [0.2, 0.25) is 5.02 Å². The molecule has 0 N–H and O–H groups in total. The van der Waals surface area contributed by atoms with E-state index < -0.39 is 17.6 Å². The first kappa shape index (κ1) is 15.3. The van der Waals surface area contributed by atoms with E-state index >= 15 is 0 Å². The number of carbonyl (C=O) groups is 1. The van der Waals surface area contributed by atoms with Gasteiger partial charge >= 0.3 is 5.97 Å². The van der Waals surface area contributed by atoms with Gasteiger partial charge in [-0.1, -0.05) is 17.7 Å². The zero-order valence-corrected chi connectivity index (χ0v) is 11.8. The third-order valence-corrected chi connectivity index (χ3v) is 3.02. The number of methoxy groups -OCH3 is 1. The van der Waals surface area contributed by atoms with Crippen molar-refractivity contribution in [2.45, 2.75) is 6.61 Å². The molecule has 0 fully saturated rings. The van der Waals surface area contributed by atoms with E-state index in [4.69, 9.17) is 16.3 Å². The van der Waals surface area contributed by atoms with Gasteiger partial charge in [0.15, 0.2) is 0 Å². The molecule has 21 heavy (non-hydrogen) atoms. The molecule has 0 radical (unpaired) electrons. The lowest BCUT2D eigenvalue weighted by Gasteiger charge is -2.09. The predicted molar refractivity (Wildman–Crippen MR) is 73.5 cm³/mol. The Morgan fingerprint density at radius 3 is 2.57 bits per heavy atom. The Morgan fingerprint density at radius 2 is 1.95 bits per heavy atom. The Balaban J connectivity index is 2.10. The third-order valence-electron chi connectivity index (χ3n) is 2.73. The molecule has 0 aliphatic heterocycles. The summed E-state index contributed by atoms with van der Waals surface area (Å²) in [7, 11) is 1.18. The first-order chi connectivity index (χ1) is 10.0. The highest BCUT2D eigenvalue weighted by Crippen LogP contribution is 2.26. The maximum Gasteiger partial charge on any atom is 0.340 e. The average molecular weight is 313 g/mol. The molecule has 3 nitrogen and oxygen atoms in total. The van der Waals surface area contributed by atoms with Crippen LogP contribution >= 0.6 is 11.6 Å². The number of benzene rings is 2. The fourth-order valence-electron chi connectivity index (χ4n) is 1.68. The molecule has 2 aromatic rings. The van der Waals surface area contributed by atoms with Crippen LogP contribution in [0, 0.1) is 11.6 Å². The van der Waals surface area contributed by atoms with Crippen LogP contribution < -0.4 is 4.74 Å². The molecular formula is C15H11ClF2O3. The van der Waals surface area contributed by atoms with E-state index in [0.717, 1.165) is 6.07 Å². The quantitative estimate of drug-likeness (QED) is 0.801. The number of esters is 1. The van der Waals surface area contributed by atoms with Gasteiger partial charge < -0.3 is 9.47 Å². The van der Waals surface area contributed by atoms with E-state index in [1.807, 2.05) is 0 Å². The van der Waals surface area contributed by atoms with Crippen LogP contribution in [-0.2, 0) is 11.3 Å². The molecule has 2 aromatic carbocycles. The summed E-state index contributed by atoms with van der Waals surface area (Å²) in [5.74, 6) is -1.63. The Hall–Kier alpha value is -2.14. The number of halogens is 3. The van der Waals surface area contributed by atoms with Crippen LogP contribution in [0.5, 0.6) is 5.75 Å². The van der Waals surface area contributed by atoms with E-state index in [9.17, 15) is 13.6 Å². The van der Waals surface area contributed by atoms with Gasteiger partial charge in [0.25, 0.3) is 0 Å². The van der Waals surface area contributed by atoms with Crippen LogP contribution in [0.4, 0.5) is 8.78 Å². The predicted octanol–water partition coefficient (Wildman–Crippen LogP) is 3.98. The zero-order valence-electron chi connectivity index (χ0n) is 11.0. The van der Waals surface area contributed by atoms with Gasteiger partial charge in [-0.25, -0.2) is 13.6 Å². The second-order valence-corrected chi connectivity index (χ2v) is 4.58. The molecule has 0 spiro atoms. The Bertz CT molecular complexity index is 674. The van der Waals surface area contributed by atoms with Gasteiger partial charge in [-0.2, -0.15) is 0 Å². The van der Waals surface area contributed by atoms with Crippen molar-refractivity contribution < 1.29 is 23.0 Å². The summed E-state index contributed by atoms with van der Waals surface area (Å²) in [5.41, 5.74) is 0.349. The van der Waals surface area contributed by atoms with E-state index in [0.29, 0.717) is 5.56 Å². The fraction of sp³-hybridized carbons (Fsp3) is 0.133. The lowest BCUT2D eigenvalue weighted by Crippen LogP contribution is -2.05. The van der Waals surface area contributed by atoms with Crippen molar-refractivity contribution in [3.8, 4) is 5.75 Å². The maximum absolute atomic E-state index is 13.7. The van der Waals surface area contributed by atoms with E-state index in [1.54, 1.807) is 0 Å². The molecule has 2 rings (SSSR count). The summed E-state index contributed by atoms with van der Waals surface area (Å²) < 4.78 is 36.4. The van der Waals surface area contributed by atoms with Crippen molar-refractivity contribution in [3.63, 3.8) is 0 Å². The van der Waals surface area contributed by atoms with Crippen molar-refractivity contribution in [1.29, 1.82) is 0 Å². The standard InChI is InChI=1S/C15H11ClF2O3/c1-20-15(19)11-4-2-9(6-13(11)18)8-21-14-5-3-10(17)7-12(14)16/h2-7H,8H2,1H3. The molecule has 0 amide bonds. The molecule has 0 aliphatic carbocycles. The summed E-state index contributed by atoms with van der Waals surface area (Å²) in [6, 6.07) is 7.74. The summed E-state index contributed by atoms with van der Waals surface area (Å²) in [6.07, 6.45) is 0. The SMILES string of the molecule is COC(=O)c1ccc(COc2ccc(F)cc2Cl)cc1F. The Morgan fingerprint density at radius 1 is 1.19 bits per heavy atom. The molecule has 0 unspecified atom stereocenters. The van der Waals surface area contributed by atoms with Crippen LogP contribution in [0.1, 0.15) is 15.9 Å². The Labute approximate surface area is 125 Å². The number of hydrogen-bond donors (Lipinski definition) is 0.